The first-order valence-electron chi connectivity index (χ1n) is 7.63. The molecule has 0 aliphatic rings. The quantitative estimate of drug-likeness (QED) is 0.724. The number of hydrogen-bond donors (Lipinski definition) is 1. The van der Waals surface area contributed by atoms with Crippen molar-refractivity contribution in [2.75, 3.05) is 24.3 Å². The average molecular weight is 360 g/mol. The van der Waals surface area contributed by atoms with Crippen LogP contribution in [0, 0.1) is 0 Å². The van der Waals surface area contributed by atoms with E-state index in [9.17, 15) is 4.79 Å². The second-order valence-corrected chi connectivity index (χ2v) is 7.21. The molecule has 4 nitrogen and oxygen atoms in total. The van der Waals surface area contributed by atoms with Gasteiger partial charge in [-0.25, -0.2) is 4.98 Å². The number of nitrogens with one attached hydrogen (secondary N) is 1. The van der Waals surface area contributed by atoms with E-state index < -0.39 is 0 Å². The number of carbonyl (C=O) groups excluding carboxylic acids is 1. The van der Waals surface area contributed by atoms with Gasteiger partial charge in [0.05, 0.1) is 10.2 Å². The van der Waals surface area contributed by atoms with Crippen molar-refractivity contribution < 1.29 is 4.79 Å². The lowest BCUT2D eigenvalue weighted by molar-refractivity contribution is -0.116. The van der Waals surface area contributed by atoms with Gasteiger partial charge in [0, 0.05) is 31.2 Å². The number of aromatic nitrogens is 1. The van der Waals surface area contributed by atoms with Crippen LogP contribution in [-0.4, -0.2) is 25.0 Å². The maximum atomic E-state index is 12.1. The number of amides is 1. The third-order valence-electron chi connectivity index (χ3n) is 3.69. The van der Waals surface area contributed by atoms with E-state index in [1.165, 1.54) is 11.3 Å². The summed E-state index contributed by atoms with van der Waals surface area (Å²) in [5.41, 5.74) is 3.14. The number of fused-ring (bicyclic) bond motifs is 1. The highest BCUT2D eigenvalue weighted by molar-refractivity contribution is 7.22. The van der Waals surface area contributed by atoms with Gasteiger partial charge in [-0.15, -0.1) is 0 Å². The summed E-state index contributed by atoms with van der Waals surface area (Å²) in [6, 6.07) is 13.7. The van der Waals surface area contributed by atoms with Crippen LogP contribution in [0.4, 0.5) is 10.8 Å². The van der Waals surface area contributed by atoms with E-state index in [1.54, 1.807) is 6.07 Å². The number of anilines is 2. The van der Waals surface area contributed by atoms with E-state index in [-0.39, 0.29) is 5.91 Å². The Labute approximate surface area is 150 Å². The molecule has 6 heteroatoms. The van der Waals surface area contributed by atoms with Gasteiger partial charge in [-0.05, 0) is 42.3 Å². The minimum Gasteiger partial charge on any atom is -0.378 e. The molecule has 0 spiro atoms. The second kappa shape index (κ2) is 7.20. The molecule has 0 fully saturated rings. The fourth-order valence-electron chi connectivity index (χ4n) is 2.35. The van der Waals surface area contributed by atoms with Crippen LogP contribution in [0.3, 0.4) is 0 Å². The average Bonchev–Trinajstić information content (AvgIpc) is 2.94. The van der Waals surface area contributed by atoms with Crippen LogP contribution >= 0.6 is 22.9 Å². The molecule has 0 aliphatic heterocycles. The van der Waals surface area contributed by atoms with Crippen LogP contribution in [0.25, 0.3) is 10.2 Å². The van der Waals surface area contributed by atoms with Gasteiger partial charge in [0.25, 0.3) is 0 Å². The number of hydrogen-bond acceptors (Lipinski definition) is 4. The predicted octanol–water partition coefficient (Wildman–Crippen LogP) is 4.59. The molecular weight excluding hydrogens is 342 g/mol. The third-order valence-corrected chi connectivity index (χ3v) is 4.86. The Morgan fingerprint density at radius 2 is 1.96 bits per heavy atom. The van der Waals surface area contributed by atoms with Gasteiger partial charge >= 0.3 is 0 Å². The van der Waals surface area contributed by atoms with Gasteiger partial charge in [0.2, 0.25) is 5.91 Å². The van der Waals surface area contributed by atoms with E-state index in [0.29, 0.717) is 23.0 Å². The number of carbonyl (C=O) groups is 1. The number of thiazole rings is 1. The maximum Gasteiger partial charge on any atom is 0.226 e. The molecule has 1 N–H and O–H groups in total. The number of aryl methyl sites for hydroxylation is 1. The Hall–Kier alpha value is -2.11. The minimum atomic E-state index is -0.0307. The molecule has 0 radical (unpaired) electrons. The van der Waals surface area contributed by atoms with Crippen LogP contribution in [-0.2, 0) is 11.2 Å². The van der Waals surface area contributed by atoms with E-state index >= 15 is 0 Å². The minimum absolute atomic E-state index is 0.0307. The van der Waals surface area contributed by atoms with E-state index in [4.69, 9.17) is 11.6 Å². The Morgan fingerprint density at radius 3 is 2.67 bits per heavy atom. The first kappa shape index (κ1) is 16.7. The first-order chi connectivity index (χ1) is 11.5. The van der Waals surface area contributed by atoms with Crippen molar-refractivity contribution in [1.82, 2.24) is 4.98 Å². The molecule has 0 saturated carbocycles. The Kier molecular flexibility index (Phi) is 5.02. The summed E-state index contributed by atoms with van der Waals surface area (Å²) in [5.74, 6) is -0.0307. The zero-order valence-electron chi connectivity index (χ0n) is 13.5. The molecule has 0 atom stereocenters. The van der Waals surface area contributed by atoms with Gasteiger partial charge in [-0.2, -0.15) is 0 Å². The molecule has 124 valence electrons. The van der Waals surface area contributed by atoms with Crippen molar-refractivity contribution >= 4 is 49.9 Å². The van der Waals surface area contributed by atoms with Gasteiger partial charge in [-0.3, -0.25) is 4.79 Å². The fourth-order valence-corrected chi connectivity index (χ4v) is 3.51. The molecule has 0 saturated heterocycles. The monoisotopic (exact) mass is 359 g/mol. The third kappa shape index (κ3) is 4.04. The van der Waals surface area contributed by atoms with Crippen LogP contribution in [0.2, 0.25) is 5.02 Å². The van der Waals surface area contributed by atoms with Crippen LogP contribution in [0.1, 0.15) is 12.0 Å². The Morgan fingerprint density at radius 1 is 1.21 bits per heavy atom. The molecule has 1 aromatic heterocycles. The Bertz CT molecular complexity index is 858. The maximum absolute atomic E-state index is 12.1. The normalized spacial score (nSPS) is 10.8. The highest BCUT2D eigenvalue weighted by atomic mass is 35.5. The topological polar surface area (TPSA) is 45.2 Å². The fraction of sp³-hybridized carbons (Fsp3) is 0.222. The summed E-state index contributed by atoms with van der Waals surface area (Å²) in [6.07, 6.45) is 1.13. The van der Waals surface area contributed by atoms with E-state index in [2.05, 4.69) is 39.5 Å². The summed E-state index contributed by atoms with van der Waals surface area (Å²) < 4.78 is 0.970. The summed E-state index contributed by atoms with van der Waals surface area (Å²) in [5, 5.41) is 4.15. The van der Waals surface area contributed by atoms with Crippen molar-refractivity contribution in [3.63, 3.8) is 0 Å². The van der Waals surface area contributed by atoms with Gasteiger partial charge in [-0.1, -0.05) is 35.1 Å². The van der Waals surface area contributed by atoms with Crippen molar-refractivity contribution in [3.05, 3.63) is 53.1 Å². The molecule has 3 aromatic rings. The van der Waals surface area contributed by atoms with E-state index in [0.717, 1.165) is 21.5 Å². The smallest absolute Gasteiger partial charge is 0.226 e. The summed E-state index contributed by atoms with van der Waals surface area (Å²) in [6.45, 7) is 0. The second-order valence-electron chi connectivity index (χ2n) is 5.74. The highest BCUT2D eigenvalue weighted by Crippen LogP contribution is 2.28. The molecule has 1 heterocycles. The largest absolute Gasteiger partial charge is 0.378 e. The van der Waals surface area contributed by atoms with Gasteiger partial charge < -0.3 is 10.2 Å². The van der Waals surface area contributed by atoms with Crippen LogP contribution < -0.4 is 10.2 Å². The molecule has 0 aliphatic carbocycles. The lowest BCUT2D eigenvalue weighted by Crippen LogP contribution is -2.12. The number of benzene rings is 2. The summed E-state index contributed by atoms with van der Waals surface area (Å²) >= 11 is 7.40. The standard InChI is InChI=1S/C18H18ClN3OS/c1-22(2)14-7-3-12(4-8-14)5-10-17(23)21-18-20-15-9-6-13(19)11-16(15)24-18/h3-4,6-9,11H,5,10H2,1-2H3,(H,20,21,23). The van der Waals surface area contributed by atoms with Crippen molar-refractivity contribution in [3.8, 4) is 0 Å². The lowest BCUT2D eigenvalue weighted by Gasteiger charge is -2.12. The number of nitrogens with zero attached hydrogens (tertiary/aromatic N) is 2. The molecular formula is C18H18ClN3OS. The van der Waals surface area contributed by atoms with Crippen molar-refractivity contribution in [2.45, 2.75) is 12.8 Å². The van der Waals surface area contributed by atoms with E-state index in [1.807, 2.05) is 26.2 Å². The zero-order valence-corrected chi connectivity index (χ0v) is 15.1. The predicted molar refractivity (Wildman–Crippen MR) is 102 cm³/mol. The SMILES string of the molecule is CN(C)c1ccc(CCC(=O)Nc2nc3ccc(Cl)cc3s2)cc1. The molecule has 0 unspecified atom stereocenters. The molecule has 24 heavy (non-hydrogen) atoms. The lowest BCUT2D eigenvalue weighted by atomic mass is 10.1. The molecule has 3 rings (SSSR count). The van der Waals surface area contributed by atoms with Crippen molar-refractivity contribution in [2.24, 2.45) is 0 Å². The summed E-state index contributed by atoms with van der Waals surface area (Å²) in [4.78, 5) is 18.6. The van der Waals surface area contributed by atoms with Crippen LogP contribution in [0.15, 0.2) is 42.5 Å². The zero-order chi connectivity index (χ0) is 17.1. The molecule has 0 bridgehead atoms. The highest BCUT2D eigenvalue weighted by Gasteiger charge is 2.08. The molecule has 2 aromatic carbocycles. The molecule has 1 amide bonds. The van der Waals surface area contributed by atoms with Crippen LogP contribution in [0.5, 0.6) is 0 Å². The first-order valence-corrected chi connectivity index (χ1v) is 8.83. The van der Waals surface area contributed by atoms with Crippen molar-refractivity contribution in [1.29, 1.82) is 0 Å². The Balaban J connectivity index is 1.58. The summed E-state index contributed by atoms with van der Waals surface area (Å²) in [7, 11) is 4.02. The number of rotatable bonds is 5. The number of halogens is 1. The van der Waals surface area contributed by atoms with Gasteiger partial charge in [0.15, 0.2) is 5.13 Å². The van der Waals surface area contributed by atoms with Gasteiger partial charge in [0.1, 0.15) is 0 Å².